The van der Waals surface area contributed by atoms with Crippen molar-refractivity contribution in [3.05, 3.63) is 0 Å². The van der Waals surface area contributed by atoms with E-state index in [1.54, 1.807) is 6.92 Å². The lowest BCUT2D eigenvalue weighted by atomic mass is 9.98. The Bertz CT molecular complexity index is 331. The topological polar surface area (TPSA) is 76.7 Å². The van der Waals surface area contributed by atoms with Crippen LogP contribution in [0.4, 0.5) is 4.79 Å². The number of ether oxygens (including phenoxy) is 2. The highest BCUT2D eigenvalue weighted by molar-refractivity contribution is 5.70. The van der Waals surface area contributed by atoms with Gasteiger partial charge >= 0.3 is 12.1 Å². The molecule has 0 aliphatic carbocycles. The van der Waals surface area contributed by atoms with Gasteiger partial charge in [0.15, 0.2) is 0 Å². The second-order valence-electron chi connectivity index (χ2n) is 6.03. The number of carbonyl (C=O) groups is 2. The van der Waals surface area contributed by atoms with Crippen LogP contribution in [0.2, 0.25) is 0 Å². The molecule has 2 N–H and O–H groups in total. The normalized spacial score (nSPS) is 23.0. The molecule has 0 aromatic carbocycles. The second-order valence-corrected chi connectivity index (χ2v) is 6.03. The average molecular weight is 286 g/mol. The number of nitrogens with one attached hydrogen (secondary N) is 2. The number of hydrogen-bond acceptors (Lipinski definition) is 5. The number of piperidine rings is 1. The predicted molar refractivity (Wildman–Crippen MR) is 75.4 cm³/mol. The van der Waals surface area contributed by atoms with E-state index in [-0.39, 0.29) is 18.1 Å². The number of rotatable bonds is 4. The molecule has 1 heterocycles. The first kappa shape index (κ1) is 16.8. The lowest BCUT2D eigenvalue weighted by Crippen LogP contribution is -2.51. The van der Waals surface area contributed by atoms with Gasteiger partial charge in [0.25, 0.3) is 0 Å². The predicted octanol–water partition coefficient (Wildman–Crippen LogP) is 1.58. The monoisotopic (exact) mass is 286 g/mol. The van der Waals surface area contributed by atoms with E-state index in [1.807, 2.05) is 20.8 Å². The zero-order chi connectivity index (χ0) is 15.2. The molecule has 6 nitrogen and oxygen atoms in total. The first-order valence-electron chi connectivity index (χ1n) is 7.18. The smallest absolute Gasteiger partial charge is 0.407 e. The lowest BCUT2D eigenvalue weighted by Gasteiger charge is -2.30. The van der Waals surface area contributed by atoms with Gasteiger partial charge in [-0.2, -0.15) is 0 Å². The highest BCUT2D eigenvalue weighted by atomic mass is 16.6. The molecule has 0 spiro atoms. The Kier molecular flexibility index (Phi) is 6.26. The van der Waals surface area contributed by atoms with Gasteiger partial charge in [0, 0.05) is 18.6 Å². The van der Waals surface area contributed by atoms with Crippen molar-refractivity contribution in [2.45, 2.75) is 64.6 Å². The van der Waals surface area contributed by atoms with Gasteiger partial charge in [-0.3, -0.25) is 4.79 Å². The van der Waals surface area contributed by atoms with E-state index >= 15 is 0 Å². The Morgan fingerprint density at radius 3 is 2.50 bits per heavy atom. The molecule has 6 heteroatoms. The fraction of sp³-hybridized carbons (Fsp3) is 0.857. The van der Waals surface area contributed by atoms with E-state index < -0.39 is 11.7 Å². The van der Waals surface area contributed by atoms with Crippen molar-refractivity contribution < 1.29 is 19.1 Å². The van der Waals surface area contributed by atoms with E-state index in [9.17, 15) is 9.59 Å². The Labute approximate surface area is 120 Å². The van der Waals surface area contributed by atoms with Crippen LogP contribution in [0.5, 0.6) is 0 Å². The number of amides is 1. The zero-order valence-corrected chi connectivity index (χ0v) is 12.8. The zero-order valence-electron chi connectivity index (χ0n) is 12.8. The molecule has 1 fully saturated rings. The lowest BCUT2D eigenvalue weighted by molar-refractivity contribution is -0.143. The van der Waals surface area contributed by atoms with Crippen molar-refractivity contribution in [3.8, 4) is 0 Å². The highest BCUT2D eigenvalue weighted by Crippen LogP contribution is 2.13. The SMILES string of the molecule is CCOC(=O)CC1CCC(NC(=O)OC(C)(C)C)CN1. The van der Waals surface area contributed by atoms with Gasteiger partial charge < -0.3 is 20.1 Å². The minimum absolute atomic E-state index is 0.0447. The summed E-state index contributed by atoms with van der Waals surface area (Å²) in [6.07, 6.45) is 1.65. The number of carbonyl (C=O) groups excluding carboxylic acids is 2. The molecule has 2 atom stereocenters. The summed E-state index contributed by atoms with van der Waals surface area (Å²) in [4.78, 5) is 23.0. The van der Waals surface area contributed by atoms with Gasteiger partial charge in [0.1, 0.15) is 5.60 Å². The summed E-state index contributed by atoms with van der Waals surface area (Å²) >= 11 is 0. The molecule has 1 aliphatic rings. The quantitative estimate of drug-likeness (QED) is 0.767. The fourth-order valence-corrected chi connectivity index (χ4v) is 2.11. The van der Waals surface area contributed by atoms with Crippen molar-refractivity contribution in [1.82, 2.24) is 10.6 Å². The van der Waals surface area contributed by atoms with Gasteiger partial charge in [0.2, 0.25) is 0 Å². The van der Waals surface area contributed by atoms with Crippen LogP contribution in [-0.4, -0.2) is 42.9 Å². The van der Waals surface area contributed by atoms with Crippen LogP contribution in [0.1, 0.15) is 47.0 Å². The van der Waals surface area contributed by atoms with Crippen molar-refractivity contribution >= 4 is 12.1 Å². The summed E-state index contributed by atoms with van der Waals surface area (Å²) in [7, 11) is 0. The van der Waals surface area contributed by atoms with Crippen LogP contribution in [0.25, 0.3) is 0 Å². The number of esters is 1. The molecule has 2 unspecified atom stereocenters. The average Bonchev–Trinajstić information content (AvgIpc) is 2.29. The largest absolute Gasteiger partial charge is 0.466 e. The molecular weight excluding hydrogens is 260 g/mol. The summed E-state index contributed by atoms with van der Waals surface area (Å²) in [6, 6.07) is 0.175. The molecule has 116 valence electrons. The molecule has 1 amide bonds. The maximum Gasteiger partial charge on any atom is 0.407 e. The van der Waals surface area contributed by atoms with Gasteiger partial charge in [-0.25, -0.2) is 4.79 Å². The van der Waals surface area contributed by atoms with E-state index in [1.165, 1.54) is 0 Å². The molecule has 20 heavy (non-hydrogen) atoms. The van der Waals surface area contributed by atoms with E-state index in [0.717, 1.165) is 12.8 Å². The van der Waals surface area contributed by atoms with E-state index in [0.29, 0.717) is 19.6 Å². The third-order valence-electron chi connectivity index (χ3n) is 2.96. The number of alkyl carbamates (subject to hydrolysis) is 1. The molecule has 0 saturated carbocycles. The summed E-state index contributed by atoms with van der Waals surface area (Å²) in [5.41, 5.74) is -0.487. The second kappa shape index (κ2) is 7.47. The minimum Gasteiger partial charge on any atom is -0.466 e. The van der Waals surface area contributed by atoms with Crippen LogP contribution < -0.4 is 10.6 Å². The summed E-state index contributed by atoms with van der Waals surface area (Å²) in [6.45, 7) is 8.36. The van der Waals surface area contributed by atoms with Crippen LogP contribution in [0.15, 0.2) is 0 Å². The van der Waals surface area contributed by atoms with Gasteiger partial charge in [-0.15, -0.1) is 0 Å². The van der Waals surface area contributed by atoms with Gasteiger partial charge in [-0.1, -0.05) is 0 Å². The third kappa shape index (κ3) is 6.75. The maximum absolute atomic E-state index is 11.6. The van der Waals surface area contributed by atoms with Crippen LogP contribution >= 0.6 is 0 Å². The van der Waals surface area contributed by atoms with Gasteiger partial charge in [-0.05, 0) is 40.5 Å². The first-order valence-corrected chi connectivity index (χ1v) is 7.18. The Hall–Kier alpha value is -1.30. The van der Waals surface area contributed by atoms with Crippen LogP contribution in [-0.2, 0) is 14.3 Å². The fourth-order valence-electron chi connectivity index (χ4n) is 2.11. The maximum atomic E-state index is 11.6. The molecule has 0 aromatic rings. The summed E-state index contributed by atoms with van der Waals surface area (Å²) in [5, 5.41) is 6.09. The van der Waals surface area contributed by atoms with Crippen molar-refractivity contribution in [2.24, 2.45) is 0 Å². The molecule has 0 radical (unpaired) electrons. The Balaban J connectivity index is 2.25. The highest BCUT2D eigenvalue weighted by Gasteiger charge is 2.25. The number of hydrogen-bond donors (Lipinski definition) is 2. The van der Waals surface area contributed by atoms with E-state index in [4.69, 9.17) is 9.47 Å². The van der Waals surface area contributed by atoms with Crippen molar-refractivity contribution in [2.75, 3.05) is 13.2 Å². The van der Waals surface area contributed by atoms with Crippen LogP contribution in [0.3, 0.4) is 0 Å². The molecule has 0 bridgehead atoms. The summed E-state index contributed by atoms with van der Waals surface area (Å²) < 4.78 is 10.1. The van der Waals surface area contributed by atoms with Crippen molar-refractivity contribution in [3.63, 3.8) is 0 Å². The first-order chi connectivity index (χ1) is 9.30. The third-order valence-corrected chi connectivity index (χ3v) is 2.96. The molecule has 1 aliphatic heterocycles. The Morgan fingerprint density at radius 1 is 1.30 bits per heavy atom. The molecule has 0 aromatic heterocycles. The molecular formula is C14H26N2O4. The standard InChI is InChI=1S/C14H26N2O4/c1-5-19-12(17)8-10-6-7-11(9-15-10)16-13(18)20-14(2,3)4/h10-11,15H,5-9H2,1-4H3,(H,16,18). The summed E-state index contributed by atoms with van der Waals surface area (Å²) in [5.74, 6) is -0.177. The minimum atomic E-state index is -0.487. The van der Waals surface area contributed by atoms with Crippen molar-refractivity contribution in [1.29, 1.82) is 0 Å². The van der Waals surface area contributed by atoms with Crippen LogP contribution in [0, 0.1) is 0 Å². The molecule has 1 saturated heterocycles. The van der Waals surface area contributed by atoms with Gasteiger partial charge in [0.05, 0.1) is 13.0 Å². The Morgan fingerprint density at radius 2 is 2.00 bits per heavy atom. The van der Waals surface area contributed by atoms with E-state index in [2.05, 4.69) is 10.6 Å². The molecule has 1 rings (SSSR count).